The second-order valence-electron chi connectivity index (χ2n) is 4.57. The van der Waals surface area contributed by atoms with E-state index in [1.165, 1.54) is 20.0 Å². The molecular weight excluding hydrogens is 166 g/mol. The maximum absolute atomic E-state index is 11.4. The average Bonchev–Trinajstić information content (AvgIpc) is 2.06. The fourth-order valence-electron chi connectivity index (χ4n) is 3.38. The Morgan fingerprint density at radius 3 is 2.15 bits per heavy atom. The molecule has 0 saturated carbocycles. The van der Waals surface area contributed by atoms with Gasteiger partial charge in [0.1, 0.15) is 0 Å². The highest BCUT2D eigenvalue weighted by Crippen LogP contribution is 2.50. The average molecular weight is 181 g/mol. The van der Waals surface area contributed by atoms with Crippen LogP contribution in [0.25, 0.3) is 0 Å². The second kappa shape index (κ2) is 2.47. The number of nitrogens with zero attached hydrogens (tertiary/aromatic N) is 1. The van der Waals surface area contributed by atoms with E-state index in [1.807, 2.05) is 0 Å². The molecule has 13 heavy (non-hydrogen) atoms. The molecule has 3 rings (SSSR count). The lowest BCUT2D eigenvalue weighted by Gasteiger charge is -2.65. The van der Waals surface area contributed by atoms with Gasteiger partial charge >= 0.3 is 5.97 Å². The third kappa shape index (κ3) is 0.909. The summed E-state index contributed by atoms with van der Waals surface area (Å²) in [5, 5.41) is 0. The van der Waals surface area contributed by atoms with Gasteiger partial charge < -0.3 is 4.74 Å². The topological polar surface area (TPSA) is 29.5 Å². The summed E-state index contributed by atoms with van der Waals surface area (Å²) < 4.78 is 4.81. The molecule has 0 aliphatic carbocycles. The molecule has 0 aromatic carbocycles. The zero-order valence-corrected chi connectivity index (χ0v) is 7.90. The zero-order valence-electron chi connectivity index (χ0n) is 7.90. The van der Waals surface area contributed by atoms with Gasteiger partial charge in [0, 0.05) is 18.1 Å². The highest BCUT2D eigenvalue weighted by Gasteiger charge is 2.55. The van der Waals surface area contributed by atoms with Crippen LogP contribution in [-0.4, -0.2) is 36.1 Å². The number of hydrogen-bond donors (Lipinski definition) is 0. The molecule has 0 aromatic rings. The van der Waals surface area contributed by atoms with E-state index in [2.05, 4.69) is 4.90 Å². The number of rotatable bonds is 1. The molecule has 0 amide bonds. The van der Waals surface area contributed by atoms with E-state index < -0.39 is 0 Å². The number of methoxy groups -OCH3 is 1. The molecule has 0 radical (unpaired) electrons. The van der Waals surface area contributed by atoms with Gasteiger partial charge in [0.05, 0.1) is 13.0 Å². The van der Waals surface area contributed by atoms with Crippen LogP contribution in [0.2, 0.25) is 0 Å². The quantitative estimate of drug-likeness (QED) is 0.560. The molecule has 0 aromatic heterocycles. The zero-order chi connectivity index (χ0) is 9.00. The van der Waals surface area contributed by atoms with Crippen LogP contribution >= 0.6 is 0 Å². The molecule has 3 heterocycles. The van der Waals surface area contributed by atoms with Crippen molar-refractivity contribution in [3.63, 3.8) is 0 Å². The third-order valence-corrected chi connectivity index (χ3v) is 4.00. The Balaban J connectivity index is 1.70. The van der Waals surface area contributed by atoms with Crippen molar-refractivity contribution in [2.24, 2.45) is 5.92 Å². The predicted molar refractivity (Wildman–Crippen MR) is 47.2 cm³/mol. The number of hydrogen-bond acceptors (Lipinski definition) is 3. The predicted octanol–water partition coefficient (Wildman–Crippen LogP) is 0.785. The number of esters is 1. The minimum absolute atomic E-state index is 0.00926. The summed E-state index contributed by atoms with van der Waals surface area (Å²) in [6, 6.07) is 2.30. The minimum Gasteiger partial charge on any atom is -0.469 e. The van der Waals surface area contributed by atoms with E-state index in [4.69, 9.17) is 4.74 Å². The standard InChI is InChI=1S/C10H15NO2/c1-13-10(12)6-2-7-4-9-5-8(3-6)11(7)9/h6-9H,2-5H2,1H3. The smallest absolute Gasteiger partial charge is 0.308 e. The molecule has 2 unspecified atom stereocenters. The fourth-order valence-corrected chi connectivity index (χ4v) is 3.38. The van der Waals surface area contributed by atoms with Gasteiger partial charge in [-0.2, -0.15) is 0 Å². The highest BCUT2D eigenvalue weighted by atomic mass is 16.5. The van der Waals surface area contributed by atoms with Crippen LogP contribution in [0.1, 0.15) is 25.7 Å². The Kier molecular flexibility index (Phi) is 1.48. The van der Waals surface area contributed by atoms with Gasteiger partial charge in [0.2, 0.25) is 0 Å². The van der Waals surface area contributed by atoms with Gasteiger partial charge in [-0.1, -0.05) is 0 Å². The van der Waals surface area contributed by atoms with Gasteiger partial charge in [-0.05, 0) is 25.7 Å². The Bertz CT molecular complexity index is 237. The number of piperidine rings is 2. The normalized spacial score (nSPS) is 47.2. The Hall–Kier alpha value is -0.570. The monoisotopic (exact) mass is 181 g/mol. The molecule has 3 fully saturated rings. The maximum atomic E-state index is 11.4. The van der Waals surface area contributed by atoms with Crippen molar-refractivity contribution < 1.29 is 9.53 Å². The lowest BCUT2D eigenvalue weighted by Crippen LogP contribution is -2.72. The molecule has 3 aliphatic rings. The number of carbonyl (C=O) groups is 1. The molecule has 3 saturated heterocycles. The van der Waals surface area contributed by atoms with Crippen molar-refractivity contribution in [1.29, 1.82) is 0 Å². The van der Waals surface area contributed by atoms with Crippen LogP contribution in [0.15, 0.2) is 0 Å². The maximum Gasteiger partial charge on any atom is 0.308 e. The van der Waals surface area contributed by atoms with Crippen molar-refractivity contribution in [2.45, 2.75) is 43.8 Å². The molecule has 0 spiro atoms. The third-order valence-electron chi connectivity index (χ3n) is 4.00. The molecular formula is C10H15NO2. The summed E-state index contributed by atoms with van der Waals surface area (Å²) in [5.41, 5.74) is 0. The van der Waals surface area contributed by atoms with Crippen molar-refractivity contribution >= 4 is 5.97 Å². The van der Waals surface area contributed by atoms with Crippen LogP contribution in [0, 0.1) is 5.92 Å². The van der Waals surface area contributed by atoms with Crippen LogP contribution in [0.4, 0.5) is 0 Å². The molecule has 3 heteroatoms. The Labute approximate surface area is 78.0 Å². The first kappa shape index (κ1) is 7.80. The van der Waals surface area contributed by atoms with Gasteiger partial charge in [-0.3, -0.25) is 9.69 Å². The van der Waals surface area contributed by atoms with Gasteiger partial charge in [0.15, 0.2) is 0 Å². The summed E-state index contributed by atoms with van der Waals surface area (Å²) >= 11 is 0. The van der Waals surface area contributed by atoms with E-state index in [9.17, 15) is 4.79 Å². The molecule has 2 atom stereocenters. The lowest BCUT2D eigenvalue weighted by atomic mass is 9.66. The van der Waals surface area contributed by atoms with Gasteiger partial charge in [0.25, 0.3) is 0 Å². The van der Waals surface area contributed by atoms with Crippen LogP contribution in [0.3, 0.4) is 0 Å². The number of carbonyl (C=O) groups excluding carboxylic acids is 1. The van der Waals surface area contributed by atoms with Crippen molar-refractivity contribution in [2.75, 3.05) is 7.11 Å². The van der Waals surface area contributed by atoms with Crippen LogP contribution < -0.4 is 0 Å². The highest BCUT2D eigenvalue weighted by molar-refractivity contribution is 5.72. The SMILES string of the molecule is COC(=O)C1CC2CC3CC(C1)N23. The summed E-state index contributed by atoms with van der Waals surface area (Å²) in [6.07, 6.45) is 4.73. The first-order valence-electron chi connectivity index (χ1n) is 5.15. The molecule has 72 valence electrons. The van der Waals surface area contributed by atoms with E-state index in [-0.39, 0.29) is 11.9 Å². The molecule has 0 N–H and O–H groups in total. The Morgan fingerprint density at radius 1 is 1.15 bits per heavy atom. The summed E-state index contributed by atoms with van der Waals surface area (Å²) in [4.78, 5) is 14.0. The van der Waals surface area contributed by atoms with E-state index in [1.54, 1.807) is 0 Å². The van der Waals surface area contributed by atoms with Crippen LogP contribution in [-0.2, 0) is 9.53 Å². The number of ether oxygens (including phenoxy) is 1. The van der Waals surface area contributed by atoms with E-state index in [0.717, 1.165) is 18.9 Å². The molecule has 0 bridgehead atoms. The van der Waals surface area contributed by atoms with Crippen LogP contribution in [0.5, 0.6) is 0 Å². The first-order chi connectivity index (χ1) is 6.29. The summed E-state index contributed by atoms with van der Waals surface area (Å²) in [5.74, 6) is 0.201. The van der Waals surface area contributed by atoms with Crippen molar-refractivity contribution in [3.05, 3.63) is 0 Å². The molecule has 3 aliphatic heterocycles. The van der Waals surface area contributed by atoms with Crippen molar-refractivity contribution in [3.8, 4) is 0 Å². The van der Waals surface area contributed by atoms with Crippen molar-refractivity contribution in [1.82, 2.24) is 4.90 Å². The largest absolute Gasteiger partial charge is 0.469 e. The van der Waals surface area contributed by atoms with Gasteiger partial charge in [-0.25, -0.2) is 0 Å². The Morgan fingerprint density at radius 2 is 1.69 bits per heavy atom. The lowest BCUT2D eigenvalue weighted by molar-refractivity contribution is -0.175. The van der Waals surface area contributed by atoms with E-state index >= 15 is 0 Å². The summed E-state index contributed by atoms with van der Waals surface area (Å²) in [7, 11) is 1.50. The summed E-state index contributed by atoms with van der Waals surface area (Å²) in [6.45, 7) is 0. The van der Waals surface area contributed by atoms with Gasteiger partial charge in [-0.15, -0.1) is 0 Å². The minimum atomic E-state index is 0.00926. The van der Waals surface area contributed by atoms with E-state index in [0.29, 0.717) is 12.1 Å². The first-order valence-corrected chi connectivity index (χ1v) is 5.15. The second-order valence-corrected chi connectivity index (χ2v) is 4.57. The molecule has 3 nitrogen and oxygen atoms in total. The fraction of sp³-hybridized carbons (Fsp3) is 0.900.